The molecule has 0 spiro atoms. The zero-order chi connectivity index (χ0) is 34.0. The van der Waals surface area contributed by atoms with Gasteiger partial charge in [-0.3, -0.25) is 9.80 Å². The van der Waals surface area contributed by atoms with E-state index in [2.05, 4.69) is 14.8 Å². The number of benzene rings is 2. The molecule has 7 rings (SSSR count). The smallest absolute Gasteiger partial charge is 0.444 e. The van der Waals surface area contributed by atoms with E-state index in [9.17, 15) is 27.2 Å². The molecule has 0 aromatic heterocycles. The van der Waals surface area contributed by atoms with Crippen molar-refractivity contribution in [1.29, 1.82) is 0 Å². The van der Waals surface area contributed by atoms with Crippen LogP contribution in [0.4, 0.5) is 32.8 Å². The molecule has 2 aromatic rings. The first-order chi connectivity index (χ1) is 22.8. The van der Waals surface area contributed by atoms with Crippen LogP contribution in [-0.4, -0.2) is 124 Å². The number of amidine groups is 1. The second-order valence-corrected chi connectivity index (χ2v) is 14.9. The van der Waals surface area contributed by atoms with Gasteiger partial charge in [-0.05, 0) is 57.4 Å². The fraction of sp³-hybridized carbons (Fsp3) is 0.529. The normalized spacial score (nSPS) is 21.0. The minimum Gasteiger partial charge on any atom is -0.444 e. The maximum absolute atomic E-state index is 14.9. The molecule has 5 aliphatic rings. The molecule has 1 saturated carbocycles. The van der Waals surface area contributed by atoms with Crippen LogP contribution in [-0.2, 0) is 10.9 Å². The number of ether oxygens (including phenoxy) is 1. The second-order valence-electron chi connectivity index (χ2n) is 13.9. The maximum Gasteiger partial charge on any atom is 0.546 e. The highest BCUT2D eigenvalue weighted by atomic mass is 32.2. The molecule has 256 valence electrons. The van der Waals surface area contributed by atoms with Crippen LogP contribution in [0.25, 0.3) is 11.1 Å². The van der Waals surface area contributed by atoms with Gasteiger partial charge in [0.2, 0.25) is 0 Å². The number of halogens is 4. The molecule has 0 radical (unpaired) electrons. The van der Waals surface area contributed by atoms with Gasteiger partial charge in [-0.25, -0.2) is 9.18 Å². The van der Waals surface area contributed by atoms with Crippen molar-refractivity contribution in [3.05, 3.63) is 47.3 Å². The topological polar surface area (TPSA) is 71.7 Å². The molecular formula is C34H39F4N6O3S+. The van der Waals surface area contributed by atoms with E-state index in [1.54, 1.807) is 30.6 Å². The van der Waals surface area contributed by atoms with Gasteiger partial charge in [-0.2, -0.15) is 22.5 Å². The van der Waals surface area contributed by atoms with Crippen LogP contribution in [0.2, 0.25) is 0 Å². The Morgan fingerprint density at radius 3 is 2.27 bits per heavy atom. The number of rotatable bonds is 4. The van der Waals surface area contributed by atoms with Gasteiger partial charge in [0.1, 0.15) is 17.1 Å². The summed E-state index contributed by atoms with van der Waals surface area (Å²) in [6.07, 6.45) is -2.73. The Kier molecular flexibility index (Phi) is 8.56. The van der Waals surface area contributed by atoms with E-state index in [0.717, 1.165) is 50.1 Å². The molecule has 1 aliphatic carbocycles. The van der Waals surface area contributed by atoms with Crippen LogP contribution in [0, 0.1) is 5.82 Å². The molecule has 2 saturated heterocycles. The quantitative estimate of drug-likeness (QED) is 0.292. The average molecular weight is 688 g/mol. The Balaban J connectivity index is 1.29. The summed E-state index contributed by atoms with van der Waals surface area (Å²) in [5.41, 5.74) is -0.0155. The van der Waals surface area contributed by atoms with Crippen LogP contribution in [0.3, 0.4) is 0 Å². The molecule has 14 heteroatoms. The van der Waals surface area contributed by atoms with Crippen LogP contribution in [0.5, 0.6) is 0 Å². The SMILES string of the molecule is CC(C)(C)OC(=O)N1CCN(C2=NC(=O)[N+]3=C(CN4CCN(C5CC5)CC4)CSc4c(-c5ccc(F)cc5)c(C(F)(F)F)cc2c43)CC1. The lowest BCUT2D eigenvalue weighted by Crippen LogP contribution is -2.53. The third-order valence-corrected chi connectivity index (χ3v) is 10.5. The van der Waals surface area contributed by atoms with Crippen molar-refractivity contribution in [2.75, 3.05) is 64.7 Å². The van der Waals surface area contributed by atoms with Crippen molar-refractivity contribution in [2.45, 2.75) is 56.3 Å². The molecule has 0 unspecified atom stereocenters. The Hall–Kier alpha value is -3.49. The summed E-state index contributed by atoms with van der Waals surface area (Å²) in [6.45, 7) is 10.5. The zero-order valence-corrected chi connectivity index (χ0v) is 28.1. The predicted molar refractivity (Wildman–Crippen MR) is 175 cm³/mol. The lowest BCUT2D eigenvalue weighted by Gasteiger charge is -2.37. The van der Waals surface area contributed by atoms with E-state index < -0.39 is 35.3 Å². The molecule has 9 nitrogen and oxygen atoms in total. The average Bonchev–Trinajstić information content (AvgIpc) is 3.88. The number of alkyl halides is 3. The maximum atomic E-state index is 14.9. The third-order valence-electron chi connectivity index (χ3n) is 9.36. The van der Waals surface area contributed by atoms with Gasteiger partial charge in [0.05, 0.1) is 28.3 Å². The lowest BCUT2D eigenvalue weighted by atomic mass is 9.93. The highest BCUT2D eigenvalue weighted by Crippen LogP contribution is 2.51. The standard InChI is InChI=1S/C34H39F4N6O3S/c1-33(2,3)47-32(46)43-16-14-42(15-17-43)30-25-18-26(34(36,37)38)27(21-4-6-22(35)7-5-21)29-28(25)44(31(45)39-30)24(20-48-29)19-40-10-12-41(13-11-40)23-8-9-23/h4-7,18,23H,8-17,19-20H2,1-3H3/q+1. The monoisotopic (exact) mass is 687 g/mol. The first-order valence-corrected chi connectivity index (χ1v) is 17.4. The molecular weight excluding hydrogens is 648 g/mol. The van der Waals surface area contributed by atoms with Crippen molar-refractivity contribution >= 4 is 41.1 Å². The Morgan fingerprint density at radius 2 is 1.67 bits per heavy atom. The van der Waals surface area contributed by atoms with E-state index in [-0.39, 0.29) is 48.7 Å². The van der Waals surface area contributed by atoms with E-state index in [1.165, 1.54) is 41.3 Å². The number of piperazine rings is 2. The number of carbonyl (C=O) groups is 2. The first kappa shape index (κ1) is 33.0. The van der Waals surface area contributed by atoms with Gasteiger partial charge >= 0.3 is 18.3 Å². The number of hydrogen-bond acceptors (Lipinski definition) is 7. The summed E-state index contributed by atoms with van der Waals surface area (Å²) in [5.74, 6) is -0.0799. The summed E-state index contributed by atoms with van der Waals surface area (Å²) < 4.78 is 65.7. The van der Waals surface area contributed by atoms with Crippen molar-refractivity contribution < 1.29 is 36.5 Å². The highest BCUT2D eigenvalue weighted by molar-refractivity contribution is 8.00. The van der Waals surface area contributed by atoms with Gasteiger partial charge in [-0.1, -0.05) is 12.1 Å². The van der Waals surface area contributed by atoms with Crippen molar-refractivity contribution in [2.24, 2.45) is 4.99 Å². The molecule has 0 bridgehead atoms. The van der Waals surface area contributed by atoms with Gasteiger partial charge in [-0.15, -0.1) is 11.8 Å². The van der Waals surface area contributed by atoms with Crippen LogP contribution < -0.4 is 0 Å². The first-order valence-electron chi connectivity index (χ1n) is 16.4. The molecule has 3 amide bonds. The van der Waals surface area contributed by atoms with Crippen molar-refractivity contribution in [3.8, 4) is 11.1 Å². The van der Waals surface area contributed by atoms with Gasteiger partial charge in [0.15, 0.2) is 5.69 Å². The molecule has 48 heavy (non-hydrogen) atoms. The largest absolute Gasteiger partial charge is 0.546 e. The fourth-order valence-corrected chi connectivity index (χ4v) is 8.13. The van der Waals surface area contributed by atoms with Gasteiger partial charge < -0.3 is 14.5 Å². The third kappa shape index (κ3) is 6.58. The Labute approximate surface area is 281 Å². The number of nitrogens with zero attached hydrogens (tertiary/aromatic N) is 6. The van der Waals surface area contributed by atoms with Gasteiger partial charge in [0, 0.05) is 69.0 Å². The molecule has 4 aliphatic heterocycles. The number of thioether (sulfide) groups is 1. The van der Waals surface area contributed by atoms with E-state index >= 15 is 0 Å². The minimum absolute atomic E-state index is 0.0721. The number of carbonyl (C=O) groups excluding carboxylic acids is 2. The summed E-state index contributed by atoms with van der Waals surface area (Å²) in [7, 11) is 0. The van der Waals surface area contributed by atoms with Crippen LogP contribution in [0.1, 0.15) is 44.7 Å². The summed E-state index contributed by atoms with van der Waals surface area (Å²) in [4.78, 5) is 39.7. The second kappa shape index (κ2) is 12.4. The van der Waals surface area contributed by atoms with E-state index in [0.29, 0.717) is 28.9 Å². The van der Waals surface area contributed by atoms with Gasteiger partial charge in [0.25, 0.3) is 5.84 Å². The summed E-state index contributed by atoms with van der Waals surface area (Å²) in [6, 6.07) is 6.21. The number of amides is 3. The Bertz CT molecular complexity index is 1680. The van der Waals surface area contributed by atoms with Crippen LogP contribution >= 0.6 is 11.8 Å². The molecule has 0 N–H and O–H groups in total. The number of hydrogen-bond donors (Lipinski definition) is 0. The fourth-order valence-electron chi connectivity index (χ4n) is 6.89. The minimum atomic E-state index is -4.74. The van der Waals surface area contributed by atoms with Crippen molar-refractivity contribution in [3.63, 3.8) is 0 Å². The van der Waals surface area contributed by atoms with Crippen molar-refractivity contribution in [1.82, 2.24) is 19.6 Å². The highest BCUT2D eigenvalue weighted by Gasteiger charge is 2.47. The predicted octanol–water partition coefficient (Wildman–Crippen LogP) is 5.92. The van der Waals surface area contributed by atoms with Crippen LogP contribution in [0.15, 0.2) is 40.2 Å². The zero-order valence-electron chi connectivity index (χ0n) is 27.3. The number of aliphatic imine (C=N–C) groups is 1. The van der Waals surface area contributed by atoms with E-state index in [1.807, 2.05) is 0 Å². The molecule has 3 fully saturated rings. The molecule has 2 aromatic carbocycles. The van der Waals surface area contributed by atoms with E-state index in [4.69, 9.17) is 4.74 Å². The lowest BCUT2D eigenvalue weighted by molar-refractivity contribution is -0.337. The summed E-state index contributed by atoms with van der Waals surface area (Å²) >= 11 is 1.28. The Morgan fingerprint density at radius 1 is 1.00 bits per heavy atom. The molecule has 0 atom stereocenters. The number of urea groups is 1. The molecule has 4 heterocycles. The summed E-state index contributed by atoms with van der Waals surface area (Å²) in [5, 5.41) is 0.